The summed E-state index contributed by atoms with van der Waals surface area (Å²) in [6, 6.07) is 2.72. The molecule has 2 aliphatic rings. The second-order valence-electron chi connectivity index (χ2n) is 12.0. The zero-order valence-electron chi connectivity index (χ0n) is 22.9. The van der Waals surface area contributed by atoms with Gasteiger partial charge in [-0.3, -0.25) is 14.9 Å². The normalized spacial score (nSPS) is 28.9. The standard InChI is InChI=1S/C28H39ClN4O5S/c1-15(2)9-17(13-34)31-23(37)11-18-24-19(12-20-27(18,3)7-5-21(36)28(20,4)14-35)39-26(32-24)33-25(38)16-6-8-30-22(29)10-16/h6,8,10,15,17-18,20-21,34-36H,5,7,9,11-14H2,1-4H3,(H,31,37)(H,32,33,38). The molecule has 0 radical (unpaired) electrons. The molecule has 0 aromatic carbocycles. The molecular weight excluding hydrogens is 540 g/mol. The summed E-state index contributed by atoms with van der Waals surface area (Å²) in [5.41, 5.74) is -0.0258. The second kappa shape index (κ2) is 11.8. The Hall–Kier alpha value is -2.11. The smallest absolute Gasteiger partial charge is 0.257 e. The van der Waals surface area contributed by atoms with Crippen molar-refractivity contribution < 1.29 is 24.9 Å². The summed E-state index contributed by atoms with van der Waals surface area (Å²) < 4.78 is 0. The molecular formula is C28H39ClN4O5S. The highest BCUT2D eigenvalue weighted by atomic mass is 35.5. The maximum atomic E-state index is 13.4. The Kier molecular flexibility index (Phi) is 9.02. The minimum atomic E-state index is -0.744. The van der Waals surface area contributed by atoms with Gasteiger partial charge in [0, 0.05) is 34.4 Å². The number of nitrogens with zero attached hydrogens (tertiary/aromatic N) is 2. The minimum absolute atomic E-state index is 0.101. The van der Waals surface area contributed by atoms with E-state index in [4.69, 9.17) is 16.6 Å². The number of hydrogen-bond donors (Lipinski definition) is 5. The molecule has 2 aromatic rings. The number of halogens is 1. The van der Waals surface area contributed by atoms with Gasteiger partial charge in [0.1, 0.15) is 5.15 Å². The summed E-state index contributed by atoms with van der Waals surface area (Å²) in [7, 11) is 0. The van der Waals surface area contributed by atoms with Gasteiger partial charge in [-0.25, -0.2) is 9.97 Å². The number of aliphatic hydroxyl groups excluding tert-OH is 3. The van der Waals surface area contributed by atoms with Crippen molar-refractivity contribution in [2.75, 3.05) is 18.5 Å². The van der Waals surface area contributed by atoms with Crippen molar-refractivity contribution in [2.45, 2.75) is 77.9 Å². The van der Waals surface area contributed by atoms with Crippen LogP contribution in [0.1, 0.15) is 80.2 Å². The highest BCUT2D eigenvalue weighted by Crippen LogP contribution is 2.62. The van der Waals surface area contributed by atoms with Crippen LogP contribution in [0.2, 0.25) is 5.15 Å². The predicted molar refractivity (Wildman–Crippen MR) is 151 cm³/mol. The van der Waals surface area contributed by atoms with E-state index in [0.29, 0.717) is 42.3 Å². The molecule has 39 heavy (non-hydrogen) atoms. The zero-order chi connectivity index (χ0) is 28.5. The summed E-state index contributed by atoms with van der Waals surface area (Å²) in [5.74, 6) is -0.611. The van der Waals surface area contributed by atoms with Gasteiger partial charge in [0.25, 0.3) is 5.91 Å². The lowest BCUT2D eigenvalue weighted by atomic mass is 9.47. The summed E-state index contributed by atoms with van der Waals surface area (Å²) in [6.45, 7) is 7.83. The molecule has 11 heteroatoms. The number of fused-ring (bicyclic) bond motifs is 2. The molecule has 5 N–H and O–H groups in total. The van der Waals surface area contributed by atoms with Gasteiger partial charge in [-0.2, -0.15) is 0 Å². The van der Waals surface area contributed by atoms with Crippen LogP contribution in [0.15, 0.2) is 18.3 Å². The van der Waals surface area contributed by atoms with Crippen molar-refractivity contribution in [3.8, 4) is 0 Å². The van der Waals surface area contributed by atoms with Crippen molar-refractivity contribution in [3.05, 3.63) is 39.6 Å². The number of rotatable bonds is 9. The van der Waals surface area contributed by atoms with E-state index in [2.05, 4.69) is 22.5 Å². The van der Waals surface area contributed by atoms with Crippen LogP contribution in [0.25, 0.3) is 0 Å². The zero-order valence-corrected chi connectivity index (χ0v) is 24.5. The van der Waals surface area contributed by atoms with E-state index >= 15 is 0 Å². The lowest BCUT2D eigenvalue weighted by Gasteiger charge is -2.58. The number of amides is 2. The number of carbonyl (C=O) groups excluding carboxylic acids is 2. The molecule has 0 spiro atoms. The van der Waals surface area contributed by atoms with Crippen molar-refractivity contribution in [3.63, 3.8) is 0 Å². The Morgan fingerprint density at radius 3 is 2.67 bits per heavy atom. The molecule has 6 unspecified atom stereocenters. The highest BCUT2D eigenvalue weighted by Gasteiger charge is 2.59. The third-order valence-electron chi connectivity index (χ3n) is 8.83. The van der Waals surface area contributed by atoms with Crippen LogP contribution in [-0.2, 0) is 11.2 Å². The maximum Gasteiger partial charge on any atom is 0.257 e. The lowest BCUT2D eigenvalue weighted by Crippen LogP contribution is -2.58. The number of aromatic nitrogens is 2. The van der Waals surface area contributed by atoms with Gasteiger partial charge in [0.05, 0.1) is 31.1 Å². The molecule has 214 valence electrons. The van der Waals surface area contributed by atoms with Crippen molar-refractivity contribution in [2.24, 2.45) is 22.7 Å². The summed E-state index contributed by atoms with van der Waals surface area (Å²) in [5, 5.41) is 37.7. The molecule has 1 saturated carbocycles. The fourth-order valence-corrected chi connectivity index (χ4v) is 7.87. The first-order chi connectivity index (χ1) is 18.4. The maximum absolute atomic E-state index is 13.4. The van der Waals surface area contributed by atoms with Gasteiger partial charge in [-0.05, 0) is 55.1 Å². The molecule has 2 aliphatic carbocycles. The fourth-order valence-electron chi connectivity index (χ4n) is 6.63. The number of thiazole rings is 1. The van der Waals surface area contributed by atoms with Gasteiger partial charge < -0.3 is 20.6 Å². The molecule has 0 saturated heterocycles. The van der Waals surface area contributed by atoms with Crippen LogP contribution in [0.3, 0.4) is 0 Å². The Labute approximate surface area is 238 Å². The molecule has 9 nitrogen and oxygen atoms in total. The largest absolute Gasteiger partial charge is 0.396 e. The summed E-state index contributed by atoms with van der Waals surface area (Å²) >= 11 is 7.32. The van der Waals surface area contributed by atoms with Gasteiger partial charge >= 0.3 is 0 Å². The van der Waals surface area contributed by atoms with Gasteiger partial charge in [0.2, 0.25) is 5.91 Å². The lowest BCUT2D eigenvalue weighted by molar-refractivity contribution is -0.144. The van der Waals surface area contributed by atoms with Crippen LogP contribution in [-0.4, -0.2) is 62.5 Å². The highest BCUT2D eigenvalue weighted by molar-refractivity contribution is 7.15. The van der Waals surface area contributed by atoms with E-state index < -0.39 is 16.9 Å². The molecule has 0 bridgehead atoms. The second-order valence-corrected chi connectivity index (χ2v) is 13.4. The van der Waals surface area contributed by atoms with Crippen LogP contribution < -0.4 is 10.6 Å². The van der Waals surface area contributed by atoms with Gasteiger partial charge in [-0.1, -0.05) is 39.3 Å². The van der Waals surface area contributed by atoms with Crippen LogP contribution >= 0.6 is 22.9 Å². The summed E-state index contributed by atoms with van der Waals surface area (Å²) in [4.78, 5) is 35.9. The van der Waals surface area contributed by atoms with Crippen LogP contribution in [0, 0.1) is 22.7 Å². The molecule has 6 atom stereocenters. The van der Waals surface area contributed by atoms with Crippen LogP contribution in [0.4, 0.5) is 5.13 Å². The van der Waals surface area contributed by atoms with Crippen molar-refractivity contribution in [1.29, 1.82) is 0 Å². The third kappa shape index (κ3) is 6.00. The first kappa shape index (κ1) is 29.9. The average molecular weight is 579 g/mol. The molecule has 2 aromatic heterocycles. The van der Waals surface area contributed by atoms with Gasteiger partial charge in [0.15, 0.2) is 5.13 Å². The van der Waals surface area contributed by atoms with E-state index in [1.807, 2.05) is 20.8 Å². The van der Waals surface area contributed by atoms with Crippen molar-refractivity contribution in [1.82, 2.24) is 15.3 Å². The number of hydrogen-bond acceptors (Lipinski definition) is 8. The Bertz CT molecular complexity index is 1210. The summed E-state index contributed by atoms with van der Waals surface area (Å²) in [6.07, 6.45) is 3.40. The Balaban J connectivity index is 1.68. The molecule has 2 heterocycles. The SMILES string of the molecule is CC(C)CC(CO)NC(=O)CC1c2nc(NC(=O)c3ccnc(Cl)c3)sc2CC2C(C)(CO)C(O)CCC12C. The number of nitrogens with one attached hydrogen (secondary N) is 2. The number of aliphatic hydroxyl groups is 3. The van der Waals surface area contributed by atoms with E-state index in [1.165, 1.54) is 23.6 Å². The molecule has 0 aliphatic heterocycles. The Morgan fingerprint density at radius 1 is 1.28 bits per heavy atom. The van der Waals surface area contributed by atoms with Crippen LogP contribution in [0.5, 0.6) is 0 Å². The number of carbonyl (C=O) groups is 2. The van der Waals surface area contributed by atoms with E-state index in [9.17, 15) is 24.9 Å². The molecule has 4 rings (SSSR count). The minimum Gasteiger partial charge on any atom is -0.396 e. The van der Waals surface area contributed by atoms with Gasteiger partial charge in [-0.15, -0.1) is 11.3 Å². The number of pyridine rings is 1. The number of anilines is 1. The van der Waals surface area contributed by atoms with E-state index in [0.717, 1.165) is 10.6 Å². The quantitative estimate of drug-likeness (QED) is 0.285. The molecule has 2 amide bonds. The van der Waals surface area contributed by atoms with Crippen molar-refractivity contribution >= 4 is 39.9 Å². The topological polar surface area (TPSA) is 145 Å². The molecule has 1 fully saturated rings. The first-order valence-electron chi connectivity index (χ1n) is 13.5. The predicted octanol–water partition coefficient (Wildman–Crippen LogP) is 3.77. The monoisotopic (exact) mass is 578 g/mol. The van der Waals surface area contributed by atoms with E-state index in [-0.39, 0.29) is 54.5 Å². The Morgan fingerprint density at radius 2 is 2.03 bits per heavy atom. The third-order valence-corrected chi connectivity index (χ3v) is 10.0. The fraction of sp³-hybridized carbons (Fsp3) is 0.643. The average Bonchev–Trinajstić information content (AvgIpc) is 3.29. The van der Waals surface area contributed by atoms with E-state index in [1.54, 1.807) is 6.07 Å². The first-order valence-corrected chi connectivity index (χ1v) is 14.7.